The zero-order valence-corrected chi connectivity index (χ0v) is 11.0. The molecular weight excluding hydrogens is 284 g/mol. The number of anilines is 1. The predicted molar refractivity (Wildman–Crippen MR) is 68.1 cm³/mol. The number of hydrogen-bond acceptors (Lipinski definition) is 3. The van der Waals surface area contributed by atoms with Gasteiger partial charge in [-0.3, -0.25) is 4.79 Å². The summed E-state index contributed by atoms with van der Waals surface area (Å²) in [6, 6.07) is 5.60. The normalized spacial score (nSPS) is 10.3. The number of aryl methyl sites for hydroxylation is 2. The van der Waals surface area contributed by atoms with Crippen LogP contribution in [0.5, 0.6) is 0 Å². The van der Waals surface area contributed by atoms with Crippen molar-refractivity contribution in [1.29, 1.82) is 0 Å². The lowest BCUT2D eigenvalue weighted by atomic mass is 10.2. The van der Waals surface area contributed by atoms with Gasteiger partial charge in [0.25, 0.3) is 5.91 Å². The van der Waals surface area contributed by atoms with E-state index in [1.807, 2.05) is 25.1 Å². The van der Waals surface area contributed by atoms with Crippen molar-refractivity contribution >= 4 is 27.5 Å². The minimum atomic E-state index is -0.304. The van der Waals surface area contributed by atoms with Crippen LogP contribution >= 0.6 is 15.9 Å². The number of carbonyl (C=O) groups is 1. The second-order valence-corrected chi connectivity index (χ2v) is 4.52. The van der Waals surface area contributed by atoms with Gasteiger partial charge in [-0.15, -0.1) is 0 Å². The van der Waals surface area contributed by atoms with E-state index in [4.69, 9.17) is 4.42 Å². The van der Waals surface area contributed by atoms with Gasteiger partial charge >= 0.3 is 0 Å². The quantitative estimate of drug-likeness (QED) is 0.924. The van der Waals surface area contributed by atoms with Gasteiger partial charge in [0.1, 0.15) is 0 Å². The number of carbonyl (C=O) groups excluding carboxylic acids is 1. The Bertz CT molecular complexity index is 563. The summed E-state index contributed by atoms with van der Waals surface area (Å²) >= 11 is 3.41. The van der Waals surface area contributed by atoms with Crippen molar-refractivity contribution < 1.29 is 9.21 Å². The summed E-state index contributed by atoms with van der Waals surface area (Å²) in [5.74, 6) is 0.376. The molecule has 17 heavy (non-hydrogen) atoms. The average Bonchev–Trinajstić information content (AvgIpc) is 2.70. The second-order valence-electron chi connectivity index (χ2n) is 3.66. The van der Waals surface area contributed by atoms with E-state index in [9.17, 15) is 4.79 Å². The molecule has 0 atom stereocenters. The van der Waals surface area contributed by atoms with Gasteiger partial charge in [-0.05, 0) is 24.6 Å². The Morgan fingerprint density at radius 2 is 2.18 bits per heavy atom. The first kappa shape index (κ1) is 11.9. The van der Waals surface area contributed by atoms with Gasteiger partial charge in [0, 0.05) is 17.1 Å². The van der Waals surface area contributed by atoms with Crippen LogP contribution in [0.3, 0.4) is 0 Å². The Kier molecular flexibility index (Phi) is 3.28. The Hall–Kier alpha value is -1.62. The molecule has 4 nitrogen and oxygen atoms in total. The van der Waals surface area contributed by atoms with E-state index in [2.05, 4.69) is 26.2 Å². The molecule has 0 saturated heterocycles. The molecule has 2 aromatic rings. The van der Waals surface area contributed by atoms with Crippen LogP contribution in [0, 0.1) is 13.8 Å². The van der Waals surface area contributed by atoms with Crippen LogP contribution in [0.4, 0.5) is 5.69 Å². The highest BCUT2D eigenvalue weighted by Crippen LogP contribution is 2.21. The largest absolute Gasteiger partial charge is 0.436 e. The number of amides is 1. The molecule has 1 N–H and O–H groups in total. The molecule has 0 aliphatic rings. The van der Waals surface area contributed by atoms with E-state index in [-0.39, 0.29) is 11.7 Å². The van der Waals surface area contributed by atoms with E-state index in [1.165, 1.54) is 6.20 Å². The van der Waals surface area contributed by atoms with Crippen molar-refractivity contribution in [3.05, 3.63) is 46.1 Å². The van der Waals surface area contributed by atoms with E-state index >= 15 is 0 Å². The maximum absolute atomic E-state index is 11.8. The van der Waals surface area contributed by atoms with Crippen molar-refractivity contribution in [1.82, 2.24) is 4.98 Å². The van der Waals surface area contributed by atoms with Gasteiger partial charge < -0.3 is 9.73 Å². The topological polar surface area (TPSA) is 55.1 Å². The molecular formula is C12H11BrN2O2. The number of benzene rings is 1. The number of rotatable bonds is 2. The lowest BCUT2D eigenvalue weighted by Gasteiger charge is -2.04. The first-order valence-corrected chi connectivity index (χ1v) is 5.85. The number of halogens is 1. The standard InChI is InChI=1S/C12H11BrN2O2/c1-7-3-4-9(5-10(7)13)15-12(16)11-6-14-8(2)17-11/h3-6H,1-2H3,(H,15,16). The second kappa shape index (κ2) is 4.71. The van der Waals surface area contributed by atoms with Gasteiger partial charge in [0.2, 0.25) is 5.76 Å². The summed E-state index contributed by atoms with van der Waals surface area (Å²) in [6.45, 7) is 3.68. The van der Waals surface area contributed by atoms with Crippen LogP contribution in [-0.4, -0.2) is 10.9 Å². The molecule has 2 rings (SSSR count). The number of oxazole rings is 1. The predicted octanol–water partition coefficient (Wildman–Crippen LogP) is 3.31. The molecule has 5 heteroatoms. The number of nitrogens with one attached hydrogen (secondary N) is 1. The molecule has 0 saturated carbocycles. The molecule has 0 aliphatic carbocycles. The Morgan fingerprint density at radius 3 is 2.76 bits per heavy atom. The third kappa shape index (κ3) is 2.74. The van der Waals surface area contributed by atoms with Crippen molar-refractivity contribution in [2.45, 2.75) is 13.8 Å². The summed E-state index contributed by atoms with van der Waals surface area (Å²) in [7, 11) is 0. The van der Waals surface area contributed by atoms with Crippen molar-refractivity contribution in [3.8, 4) is 0 Å². The number of nitrogens with zero attached hydrogens (tertiary/aromatic N) is 1. The molecule has 0 spiro atoms. The molecule has 1 aromatic heterocycles. The SMILES string of the molecule is Cc1ncc(C(=O)Nc2ccc(C)c(Br)c2)o1. The minimum absolute atomic E-state index is 0.208. The first-order chi connectivity index (χ1) is 8.06. The minimum Gasteiger partial charge on any atom is -0.436 e. The van der Waals surface area contributed by atoms with Crippen molar-refractivity contribution in [2.24, 2.45) is 0 Å². The molecule has 0 unspecified atom stereocenters. The summed E-state index contributed by atoms with van der Waals surface area (Å²) < 4.78 is 6.08. The molecule has 1 aromatic carbocycles. The average molecular weight is 295 g/mol. The Labute approximate surface area is 107 Å². The van der Waals surface area contributed by atoms with Crippen LogP contribution in [0.25, 0.3) is 0 Å². The zero-order chi connectivity index (χ0) is 12.4. The molecule has 0 radical (unpaired) electrons. The van der Waals surface area contributed by atoms with Gasteiger partial charge in [0.05, 0.1) is 6.20 Å². The van der Waals surface area contributed by atoms with Crippen LogP contribution < -0.4 is 5.32 Å². The highest BCUT2D eigenvalue weighted by atomic mass is 79.9. The fourth-order valence-corrected chi connectivity index (χ4v) is 1.71. The number of aromatic nitrogens is 1. The highest BCUT2D eigenvalue weighted by Gasteiger charge is 2.11. The van der Waals surface area contributed by atoms with E-state index < -0.39 is 0 Å². The van der Waals surface area contributed by atoms with E-state index in [0.717, 1.165) is 10.0 Å². The van der Waals surface area contributed by atoms with Crippen LogP contribution in [0.15, 0.2) is 33.3 Å². The van der Waals surface area contributed by atoms with Gasteiger partial charge in [-0.25, -0.2) is 4.98 Å². The lowest BCUT2D eigenvalue weighted by Crippen LogP contribution is -2.10. The third-order valence-electron chi connectivity index (χ3n) is 2.27. The summed E-state index contributed by atoms with van der Waals surface area (Å²) in [5.41, 5.74) is 1.82. The summed E-state index contributed by atoms with van der Waals surface area (Å²) in [6.07, 6.45) is 1.41. The molecule has 1 heterocycles. The highest BCUT2D eigenvalue weighted by molar-refractivity contribution is 9.10. The lowest BCUT2D eigenvalue weighted by molar-refractivity contribution is 0.0995. The van der Waals surface area contributed by atoms with E-state index in [0.29, 0.717) is 11.6 Å². The fraction of sp³-hybridized carbons (Fsp3) is 0.167. The zero-order valence-electron chi connectivity index (χ0n) is 9.45. The van der Waals surface area contributed by atoms with Gasteiger partial charge in [0.15, 0.2) is 5.89 Å². The molecule has 88 valence electrons. The van der Waals surface area contributed by atoms with Crippen molar-refractivity contribution in [2.75, 3.05) is 5.32 Å². The maximum atomic E-state index is 11.8. The number of hydrogen-bond donors (Lipinski definition) is 1. The Balaban J connectivity index is 2.15. The van der Waals surface area contributed by atoms with Crippen LogP contribution in [0.2, 0.25) is 0 Å². The van der Waals surface area contributed by atoms with Crippen molar-refractivity contribution in [3.63, 3.8) is 0 Å². The molecule has 0 aliphatic heterocycles. The monoisotopic (exact) mass is 294 g/mol. The molecule has 0 bridgehead atoms. The smallest absolute Gasteiger partial charge is 0.293 e. The fourth-order valence-electron chi connectivity index (χ4n) is 1.33. The summed E-state index contributed by atoms with van der Waals surface area (Å²) in [4.78, 5) is 15.6. The molecule has 1 amide bonds. The maximum Gasteiger partial charge on any atom is 0.293 e. The molecule has 0 fully saturated rings. The summed E-state index contributed by atoms with van der Waals surface area (Å²) in [5, 5.41) is 2.74. The Morgan fingerprint density at radius 1 is 1.41 bits per heavy atom. The van der Waals surface area contributed by atoms with E-state index in [1.54, 1.807) is 6.92 Å². The van der Waals surface area contributed by atoms with Crippen LogP contribution in [0.1, 0.15) is 22.0 Å². The third-order valence-corrected chi connectivity index (χ3v) is 3.13. The first-order valence-electron chi connectivity index (χ1n) is 5.06. The van der Waals surface area contributed by atoms with Gasteiger partial charge in [-0.2, -0.15) is 0 Å². The van der Waals surface area contributed by atoms with Gasteiger partial charge in [-0.1, -0.05) is 22.0 Å². The van der Waals surface area contributed by atoms with Crippen LogP contribution in [-0.2, 0) is 0 Å².